The maximum absolute atomic E-state index is 12.2. The zero-order chi connectivity index (χ0) is 18.8. The molecule has 6 nitrogen and oxygen atoms in total. The molecule has 0 aliphatic carbocycles. The molecule has 0 bridgehead atoms. The fraction of sp³-hybridized carbons (Fsp3) is 0.250. The van der Waals surface area contributed by atoms with Crippen LogP contribution in [0.15, 0.2) is 52.6 Å². The van der Waals surface area contributed by atoms with Gasteiger partial charge in [0.1, 0.15) is 6.54 Å². The Balaban J connectivity index is 1.40. The van der Waals surface area contributed by atoms with E-state index in [0.29, 0.717) is 11.4 Å². The summed E-state index contributed by atoms with van der Waals surface area (Å²) in [5.74, 6) is -0.274. The summed E-state index contributed by atoms with van der Waals surface area (Å²) >= 11 is 1.83. The Bertz CT molecular complexity index is 1020. The number of nitrogens with zero attached hydrogens (tertiary/aromatic N) is 3. The normalized spacial score (nSPS) is 13.3. The third kappa shape index (κ3) is 3.93. The monoisotopic (exact) mass is 380 g/mol. The molecular formula is C20H20N4O2S. The van der Waals surface area contributed by atoms with E-state index in [9.17, 15) is 9.59 Å². The van der Waals surface area contributed by atoms with Crippen molar-refractivity contribution in [1.29, 1.82) is 0 Å². The van der Waals surface area contributed by atoms with Crippen LogP contribution in [0.2, 0.25) is 0 Å². The predicted octanol–water partition coefficient (Wildman–Crippen LogP) is 2.81. The van der Waals surface area contributed by atoms with Crippen LogP contribution in [-0.2, 0) is 24.3 Å². The van der Waals surface area contributed by atoms with Crippen LogP contribution in [0.25, 0.3) is 0 Å². The molecule has 1 aliphatic rings. The minimum atomic E-state index is -0.288. The van der Waals surface area contributed by atoms with Crippen LogP contribution >= 0.6 is 11.3 Å². The molecule has 4 rings (SSSR count). The molecule has 1 aromatic carbocycles. The average molecular weight is 380 g/mol. The molecule has 0 spiro atoms. The minimum Gasteiger partial charge on any atom is -0.367 e. The van der Waals surface area contributed by atoms with Crippen molar-refractivity contribution in [3.63, 3.8) is 0 Å². The molecule has 3 heterocycles. The largest absolute Gasteiger partial charge is 0.367 e. The number of benzene rings is 1. The van der Waals surface area contributed by atoms with Crippen LogP contribution in [0.4, 0.5) is 11.4 Å². The molecule has 0 fully saturated rings. The smallest absolute Gasteiger partial charge is 0.267 e. The highest BCUT2D eigenvalue weighted by atomic mass is 32.1. The van der Waals surface area contributed by atoms with Gasteiger partial charge in [-0.05, 0) is 60.7 Å². The molecule has 0 unspecified atom stereocenters. The molecule has 2 aromatic heterocycles. The molecule has 0 saturated heterocycles. The standard InChI is InChI=1S/C20H20N4O2S/c1-14-2-7-20(26)24(22-14)13-19(25)21-16-3-5-17(6-4-16)23-10-8-18-15(12-23)9-11-27-18/h2-7,9,11H,8,10,12-13H2,1H3,(H,21,25). The Kier molecular flexibility index (Phi) is 4.77. The van der Waals surface area contributed by atoms with Gasteiger partial charge in [-0.3, -0.25) is 9.59 Å². The highest BCUT2D eigenvalue weighted by molar-refractivity contribution is 7.10. The van der Waals surface area contributed by atoms with E-state index in [1.54, 1.807) is 13.0 Å². The molecule has 1 aliphatic heterocycles. The quantitative estimate of drug-likeness (QED) is 0.756. The topological polar surface area (TPSA) is 67.2 Å². The van der Waals surface area contributed by atoms with Gasteiger partial charge >= 0.3 is 0 Å². The van der Waals surface area contributed by atoms with Crippen molar-refractivity contribution in [2.45, 2.75) is 26.4 Å². The van der Waals surface area contributed by atoms with E-state index in [1.807, 2.05) is 35.6 Å². The van der Waals surface area contributed by atoms with Gasteiger partial charge in [0.2, 0.25) is 5.91 Å². The Labute approximate surface area is 161 Å². The van der Waals surface area contributed by atoms with Crippen LogP contribution in [-0.4, -0.2) is 22.2 Å². The number of aryl methyl sites for hydroxylation is 1. The number of rotatable bonds is 4. The number of amides is 1. The van der Waals surface area contributed by atoms with Gasteiger partial charge in [-0.25, -0.2) is 4.68 Å². The average Bonchev–Trinajstić information content (AvgIpc) is 3.13. The maximum atomic E-state index is 12.2. The number of aromatic nitrogens is 2. The first kappa shape index (κ1) is 17.5. The summed E-state index contributed by atoms with van der Waals surface area (Å²) < 4.78 is 1.17. The van der Waals surface area contributed by atoms with Crippen molar-refractivity contribution in [2.75, 3.05) is 16.8 Å². The van der Waals surface area contributed by atoms with Crippen LogP contribution in [0.5, 0.6) is 0 Å². The molecule has 138 valence electrons. The second-order valence-corrected chi connectivity index (χ2v) is 7.61. The Hall–Kier alpha value is -2.93. The number of carbonyl (C=O) groups excluding carboxylic acids is 1. The first-order valence-corrected chi connectivity index (χ1v) is 9.71. The summed E-state index contributed by atoms with van der Waals surface area (Å²) in [5.41, 5.74) is 3.66. The maximum Gasteiger partial charge on any atom is 0.267 e. The number of fused-ring (bicyclic) bond motifs is 1. The molecule has 3 aromatic rings. The molecule has 0 saturated carbocycles. The van der Waals surface area contributed by atoms with Gasteiger partial charge in [0, 0.05) is 35.4 Å². The number of anilines is 2. The molecule has 7 heteroatoms. The lowest BCUT2D eigenvalue weighted by Gasteiger charge is -2.29. The van der Waals surface area contributed by atoms with Gasteiger partial charge in [0.15, 0.2) is 0 Å². The Morgan fingerprint density at radius 3 is 2.81 bits per heavy atom. The highest BCUT2D eigenvalue weighted by Gasteiger charge is 2.17. The SMILES string of the molecule is Cc1ccc(=O)n(CC(=O)Nc2ccc(N3CCc4sccc4C3)cc2)n1. The fourth-order valence-corrected chi connectivity index (χ4v) is 4.11. The molecule has 1 amide bonds. The summed E-state index contributed by atoms with van der Waals surface area (Å²) in [5, 5.41) is 9.06. The van der Waals surface area contributed by atoms with Gasteiger partial charge in [0.25, 0.3) is 5.56 Å². The number of thiophene rings is 1. The van der Waals surface area contributed by atoms with E-state index in [-0.39, 0.29) is 18.0 Å². The van der Waals surface area contributed by atoms with Crippen molar-refractivity contribution < 1.29 is 4.79 Å². The summed E-state index contributed by atoms with van der Waals surface area (Å²) in [6, 6.07) is 13.1. The number of hydrogen-bond acceptors (Lipinski definition) is 5. The third-order valence-electron chi connectivity index (χ3n) is 4.62. The molecule has 0 atom stereocenters. The zero-order valence-corrected chi connectivity index (χ0v) is 15.8. The lowest BCUT2D eigenvalue weighted by Crippen LogP contribution is -2.30. The van der Waals surface area contributed by atoms with Crippen LogP contribution in [0.3, 0.4) is 0 Å². The van der Waals surface area contributed by atoms with Crippen LogP contribution < -0.4 is 15.8 Å². The third-order valence-corrected chi connectivity index (χ3v) is 5.64. The number of nitrogens with one attached hydrogen (secondary N) is 1. The number of hydrogen-bond donors (Lipinski definition) is 1. The molecular weight excluding hydrogens is 360 g/mol. The molecule has 27 heavy (non-hydrogen) atoms. The van der Waals surface area contributed by atoms with E-state index in [1.165, 1.54) is 21.2 Å². The van der Waals surface area contributed by atoms with Crippen molar-refractivity contribution >= 4 is 28.6 Å². The van der Waals surface area contributed by atoms with Crippen molar-refractivity contribution in [1.82, 2.24) is 9.78 Å². The van der Waals surface area contributed by atoms with Gasteiger partial charge in [-0.2, -0.15) is 5.10 Å². The van der Waals surface area contributed by atoms with Gasteiger partial charge in [-0.15, -0.1) is 11.3 Å². The predicted molar refractivity (Wildman–Crippen MR) is 107 cm³/mol. The second-order valence-electron chi connectivity index (χ2n) is 6.61. The summed E-state index contributed by atoms with van der Waals surface area (Å²) in [7, 11) is 0. The summed E-state index contributed by atoms with van der Waals surface area (Å²) in [6.07, 6.45) is 1.07. The fourth-order valence-electron chi connectivity index (χ4n) is 3.23. The van der Waals surface area contributed by atoms with E-state index >= 15 is 0 Å². The van der Waals surface area contributed by atoms with Gasteiger partial charge < -0.3 is 10.2 Å². The zero-order valence-electron chi connectivity index (χ0n) is 15.0. The highest BCUT2D eigenvalue weighted by Crippen LogP contribution is 2.28. The van der Waals surface area contributed by atoms with Gasteiger partial charge in [0.05, 0.1) is 5.69 Å². The van der Waals surface area contributed by atoms with Crippen molar-refractivity contribution in [3.05, 3.63) is 74.3 Å². The Morgan fingerprint density at radius 1 is 1.19 bits per heavy atom. The first-order chi connectivity index (χ1) is 13.1. The van der Waals surface area contributed by atoms with E-state index in [2.05, 4.69) is 26.8 Å². The minimum absolute atomic E-state index is 0.102. The van der Waals surface area contributed by atoms with Crippen molar-refractivity contribution in [3.8, 4) is 0 Å². The van der Waals surface area contributed by atoms with E-state index < -0.39 is 0 Å². The molecule has 0 radical (unpaired) electrons. The lowest BCUT2D eigenvalue weighted by atomic mass is 10.1. The Morgan fingerprint density at radius 2 is 2.00 bits per heavy atom. The van der Waals surface area contributed by atoms with E-state index in [0.717, 1.165) is 25.2 Å². The van der Waals surface area contributed by atoms with Crippen molar-refractivity contribution in [2.24, 2.45) is 0 Å². The van der Waals surface area contributed by atoms with Gasteiger partial charge in [-0.1, -0.05) is 0 Å². The summed E-state index contributed by atoms with van der Waals surface area (Å²) in [4.78, 5) is 27.8. The first-order valence-electron chi connectivity index (χ1n) is 8.83. The molecule has 1 N–H and O–H groups in total. The van der Waals surface area contributed by atoms with E-state index in [4.69, 9.17) is 0 Å². The summed E-state index contributed by atoms with van der Waals surface area (Å²) in [6.45, 7) is 3.61. The second kappa shape index (κ2) is 7.36. The van der Waals surface area contributed by atoms with Crippen LogP contribution in [0, 0.1) is 6.92 Å². The number of carbonyl (C=O) groups is 1. The van der Waals surface area contributed by atoms with Crippen LogP contribution in [0.1, 0.15) is 16.1 Å². The lowest BCUT2D eigenvalue weighted by molar-refractivity contribution is -0.117.